The van der Waals surface area contributed by atoms with Crippen molar-refractivity contribution < 1.29 is 23.2 Å². The maximum Gasteiger partial charge on any atom is 0.410 e. The summed E-state index contributed by atoms with van der Waals surface area (Å²) in [5, 5.41) is 0. The zero-order chi connectivity index (χ0) is 17.8. The normalized spacial score (nSPS) is 13.7. The Hall–Kier alpha value is -2.04. The molecule has 1 aromatic carbocycles. The minimum atomic E-state index is -2.64. The van der Waals surface area contributed by atoms with Crippen molar-refractivity contribution >= 4 is 12.1 Å². The van der Waals surface area contributed by atoms with Gasteiger partial charge in [-0.2, -0.15) is 0 Å². The van der Waals surface area contributed by atoms with Crippen LogP contribution in [0.3, 0.4) is 0 Å². The fourth-order valence-corrected chi connectivity index (χ4v) is 1.43. The second kappa shape index (κ2) is 6.41. The van der Waals surface area contributed by atoms with E-state index < -0.39 is 24.6 Å². The van der Waals surface area contributed by atoms with Crippen LogP contribution in [-0.4, -0.2) is 36.6 Å². The van der Waals surface area contributed by atoms with E-state index in [1.165, 1.54) is 19.2 Å². The van der Waals surface area contributed by atoms with Crippen LogP contribution >= 0.6 is 0 Å². The molecule has 0 fully saturated rings. The first-order valence-corrected chi connectivity index (χ1v) is 6.12. The van der Waals surface area contributed by atoms with Gasteiger partial charge in [-0.1, -0.05) is 12.1 Å². The summed E-state index contributed by atoms with van der Waals surface area (Å²) in [5.74, 6) is -0.489. The van der Waals surface area contributed by atoms with Crippen LogP contribution in [0, 0.1) is 0 Å². The van der Waals surface area contributed by atoms with Crippen molar-refractivity contribution in [2.45, 2.75) is 32.9 Å². The van der Waals surface area contributed by atoms with Crippen LogP contribution < -0.4 is 0 Å². The minimum Gasteiger partial charge on any atom is -0.465 e. The van der Waals surface area contributed by atoms with Crippen molar-refractivity contribution in [3.05, 3.63) is 35.4 Å². The largest absolute Gasteiger partial charge is 0.465 e. The fraction of sp³-hybridized carbons (Fsp3) is 0.467. The Kier molecular flexibility index (Phi) is 3.77. The molecule has 5 heteroatoms. The summed E-state index contributed by atoms with van der Waals surface area (Å²) >= 11 is 0. The standard InChI is InChI=1S/C15H21NO4/c1-15(2,3)20-14(18)16(4)10-11-6-8-12(9-7-11)13(17)19-5/h6-9H,10H2,1-5H3/i4D3. The molecule has 20 heavy (non-hydrogen) atoms. The Morgan fingerprint density at radius 3 is 2.30 bits per heavy atom. The van der Waals surface area contributed by atoms with Gasteiger partial charge in [0.05, 0.1) is 12.7 Å². The Labute approximate surface area is 123 Å². The van der Waals surface area contributed by atoms with Crippen LogP contribution in [0.1, 0.15) is 40.8 Å². The van der Waals surface area contributed by atoms with Gasteiger partial charge in [0.2, 0.25) is 0 Å². The molecule has 0 heterocycles. The van der Waals surface area contributed by atoms with E-state index >= 15 is 0 Å². The highest BCUT2D eigenvalue weighted by atomic mass is 16.6. The topological polar surface area (TPSA) is 55.8 Å². The molecule has 0 aliphatic carbocycles. The van der Waals surface area contributed by atoms with E-state index in [-0.39, 0.29) is 6.54 Å². The molecule has 0 aliphatic heterocycles. The highest BCUT2D eigenvalue weighted by molar-refractivity contribution is 5.89. The highest BCUT2D eigenvalue weighted by Crippen LogP contribution is 2.12. The second-order valence-corrected chi connectivity index (χ2v) is 5.25. The van der Waals surface area contributed by atoms with Gasteiger partial charge < -0.3 is 14.4 Å². The van der Waals surface area contributed by atoms with Crippen molar-refractivity contribution in [3.63, 3.8) is 0 Å². The molecule has 5 nitrogen and oxygen atoms in total. The van der Waals surface area contributed by atoms with E-state index in [2.05, 4.69) is 4.74 Å². The number of carbonyl (C=O) groups is 2. The zero-order valence-electron chi connectivity index (χ0n) is 15.1. The third kappa shape index (κ3) is 4.91. The van der Waals surface area contributed by atoms with Crippen molar-refractivity contribution in [1.29, 1.82) is 0 Å². The molecule has 1 rings (SSSR count). The van der Waals surface area contributed by atoms with Crippen LogP contribution in [0.4, 0.5) is 4.79 Å². The number of hydrogen-bond acceptors (Lipinski definition) is 4. The van der Waals surface area contributed by atoms with Crippen molar-refractivity contribution in [2.75, 3.05) is 14.1 Å². The number of amides is 1. The van der Waals surface area contributed by atoms with Crippen molar-refractivity contribution in [2.24, 2.45) is 0 Å². The van der Waals surface area contributed by atoms with E-state index in [1.807, 2.05) is 0 Å². The molecule has 110 valence electrons. The third-order valence-electron chi connectivity index (χ3n) is 2.33. The molecule has 0 saturated heterocycles. The van der Waals surface area contributed by atoms with Gasteiger partial charge >= 0.3 is 12.1 Å². The lowest BCUT2D eigenvalue weighted by atomic mass is 10.1. The number of esters is 1. The fourth-order valence-electron chi connectivity index (χ4n) is 1.43. The molecule has 0 saturated carbocycles. The van der Waals surface area contributed by atoms with Crippen molar-refractivity contribution in [1.82, 2.24) is 4.90 Å². The maximum atomic E-state index is 12.1. The molecule has 0 unspecified atom stereocenters. The van der Waals surface area contributed by atoms with Gasteiger partial charge in [-0.25, -0.2) is 9.59 Å². The third-order valence-corrected chi connectivity index (χ3v) is 2.33. The summed E-state index contributed by atoms with van der Waals surface area (Å²) < 4.78 is 32.2. The Morgan fingerprint density at radius 1 is 1.25 bits per heavy atom. The average Bonchev–Trinajstić information content (AvgIpc) is 2.41. The molecule has 0 bridgehead atoms. The highest BCUT2D eigenvalue weighted by Gasteiger charge is 2.19. The summed E-state index contributed by atoms with van der Waals surface area (Å²) in [4.78, 5) is 24.1. The summed E-state index contributed by atoms with van der Waals surface area (Å²) in [5.41, 5.74) is 0.101. The van der Waals surface area contributed by atoms with Crippen LogP contribution in [-0.2, 0) is 16.0 Å². The average molecular weight is 282 g/mol. The number of hydrogen-bond donors (Lipinski definition) is 0. The van der Waals surface area contributed by atoms with Gasteiger partial charge in [-0.3, -0.25) is 0 Å². The summed E-state index contributed by atoms with van der Waals surface area (Å²) in [7, 11) is 1.27. The predicted molar refractivity (Wildman–Crippen MR) is 75.5 cm³/mol. The Balaban J connectivity index is 2.94. The van der Waals surface area contributed by atoms with E-state index in [9.17, 15) is 9.59 Å². The number of ether oxygens (including phenoxy) is 2. The molecule has 0 spiro atoms. The number of rotatable bonds is 3. The van der Waals surface area contributed by atoms with Gasteiger partial charge in [0.1, 0.15) is 5.60 Å². The lowest BCUT2D eigenvalue weighted by Gasteiger charge is -2.24. The predicted octanol–water partition coefficient (Wildman–Crippen LogP) is 2.84. The first-order chi connectivity index (χ1) is 10.4. The Morgan fingerprint density at radius 2 is 1.85 bits per heavy atom. The molecule has 1 amide bonds. The number of benzene rings is 1. The van der Waals surface area contributed by atoms with Gasteiger partial charge in [-0.15, -0.1) is 0 Å². The van der Waals surface area contributed by atoms with Crippen LogP contribution in [0.25, 0.3) is 0 Å². The zero-order valence-corrected chi connectivity index (χ0v) is 12.1. The molecule has 0 aliphatic rings. The quantitative estimate of drug-likeness (QED) is 0.800. The maximum absolute atomic E-state index is 12.1. The van der Waals surface area contributed by atoms with Gasteiger partial charge in [0.25, 0.3) is 0 Å². The summed E-state index contributed by atoms with van der Waals surface area (Å²) in [6.45, 7) is 2.19. The van der Waals surface area contributed by atoms with Crippen LogP contribution in [0.2, 0.25) is 0 Å². The number of nitrogens with zero attached hydrogens (tertiary/aromatic N) is 1. The first-order valence-electron chi connectivity index (χ1n) is 7.62. The van der Waals surface area contributed by atoms with E-state index in [4.69, 9.17) is 8.85 Å². The summed E-state index contributed by atoms with van der Waals surface area (Å²) in [6.07, 6.45) is -0.922. The molecular formula is C15H21NO4. The SMILES string of the molecule is [2H]C([2H])([2H])N(Cc1ccc(C(=O)OC)cc1)C(=O)OC(C)(C)C. The second-order valence-electron chi connectivity index (χ2n) is 5.25. The lowest BCUT2D eigenvalue weighted by Crippen LogP contribution is -2.33. The van der Waals surface area contributed by atoms with Gasteiger partial charge in [-0.05, 0) is 38.5 Å². The van der Waals surface area contributed by atoms with Gasteiger partial charge in [0.15, 0.2) is 0 Å². The van der Waals surface area contributed by atoms with E-state index in [0.29, 0.717) is 16.0 Å². The molecular weight excluding hydrogens is 258 g/mol. The summed E-state index contributed by atoms with van der Waals surface area (Å²) in [6, 6.07) is 6.15. The van der Waals surface area contributed by atoms with E-state index in [1.54, 1.807) is 32.9 Å². The van der Waals surface area contributed by atoms with Gasteiger partial charge in [0, 0.05) is 17.6 Å². The monoisotopic (exact) mass is 282 g/mol. The molecule has 0 radical (unpaired) electrons. The molecule has 0 aromatic heterocycles. The Bertz CT molecular complexity index is 562. The number of methoxy groups -OCH3 is 1. The lowest BCUT2D eigenvalue weighted by molar-refractivity contribution is 0.0284. The number of carbonyl (C=O) groups excluding carboxylic acids is 2. The van der Waals surface area contributed by atoms with Crippen LogP contribution in [0.5, 0.6) is 0 Å². The smallest absolute Gasteiger partial charge is 0.410 e. The van der Waals surface area contributed by atoms with E-state index in [0.717, 1.165) is 0 Å². The first kappa shape index (κ1) is 11.8. The molecule has 0 N–H and O–H groups in total. The molecule has 0 atom stereocenters. The minimum absolute atomic E-state index is 0.160. The van der Waals surface area contributed by atoms with Crippen molar-refractivity contribution in [3.8, 4) is 0 Å². The van der Waals surface area contributed by atoms with Crippen LogP contribution in [0.15, 0.2) is 24.3 Å². The molecule has 1 aromatic rings.